The molecule has 0 spiro atoms. The van der Waals surface area contributed by atoms with Gasteiger partial charge in [-0.15, -0.1) is 0 Å². The van der Waals surface area contributed by atoms with Gasteiger partial charge >= 0.3 is 0 Å². The van der Waals surface area contributed by atoms with Gasteiger partial charge in [0.05, 0.1) is 19.8 Å². The van der Waals surface area contributed by atoms with Crippen LogP contribution in [0.15, 0.2) is 42.5 Å². The zero-order valence-electron chi connectivity index (χ0n) is 16.1. The molecule has 2 aliphatic heterocycles. The molecule has 0 aromatic heterocycles. The molecule has 0 amide bonds. The van der Waals surface area contributed by atoms with Crippen molar-refractivity contribution in [2.24, 2.45) is 0 Å². The van der Waals surface area contributed by atoms with Crippen LogP contribution in [0.1, 0.15) is 35.6 Å². The molecule has 3 unspecified atom stereocenters. The number of benzene rings is 2. The lowest BCUT2D eigenvalue weighted by Crippen LogP contribution is -2.55. The molecular weight excluding hydrogens is 376 g/mol. The van der Waals surface area contributed by atoms with E-state index in [0.717, 1.165) is 22.6 Å². The number of aliphatic hydroxyl groups excluding tert-OH is 4. The summed E-state index contributed by atoms with van der Waals surface area (Å²) < 4.78 is 17.0. The highest BCUT2D eigenvalue weighted by Gasteiger charge is 2.44. The predicted octanol–water partition coefficient (Wildman–Crippen LogP) is 1.12. The molecule has 156 valence electrons. The highest BCUT2D eigenvalue weighted by Crippen LogP contribution is 2.42. The van der Waals surface area contributed by atoms with Crippen molar-refractivity contribution in [3.8, 4) is 11.5 Å². The lowest BCUT2D eigenvalue weighted by atomic mass is 9.87. The first-order valence-corrected chi connectivity index (χ1v) is 9.83. The largest absolute Gasteiger partial charge is 0.494 e. The number of fused-ring (bicyclic) bond motifs is 1. The Morgan fingerprint density at radius 1 is 0.966 bits per heavy atom. The topological polar surface area (TPSA) is 109 Å². The summed E-state index contributed by atoms with van der Waals surface area (Å²) in [4.78, 5) is 0. The summed E-state index contributed by atoms with van der Waals surface area (Å²) in [5.41, 5.74) is 2.70. The van der Waals surface area contributed by atoms with E-state index in [2.05, 4.69) is 0 Å². The van der Waals surface area contributed by atoms with E-state index in [1.54, 1.807) is 6.07 Å². The predicted molar refractivity (Wildman–Crippen MR) is 104 cm³/mol. The van der Waals surface area contributed by atoms with Crippen molar-refractivity contribution in [2.75, 3.05) is 19.8 Å². The van der Waals surface area contributed by atoms with Gasteiger partial charge in [-0.1, -0.05) is 18.2 Å². The molecule has 2 heterocycles. The van der Waals surface area contributed by atoms with Crippen LogP contribution in [0.5, 0.6) is 11.5 Å². The maximum atomic E-state index is 10.4. The van der Waals surface area contributed by atoms with Crippen LogP contribution in [0.25, 0.3) is 0 Å². The molecular formula is C22H26O7. The summed E-state index contributed by atoms with van der Waals surface area (Å²) in [5, 5.41) is 40.0. The monoisotopic (exact) mass is 402 g/mol. The number of ether oxygens (including phenoxy) is 3. The van der Waals surface area contributed by atoms with Crippen LogP contribution in [-0.2, 0) is 4.74 Å². The Balaban J connectivity index is 1.62. The second kappa shape index (κ2) is 8.30. The number of hydrogen-bond donors (Lipinski definition) is 4. The van der Waals surface area contributed by atoms with Gasteiger partial charge in [0.2, 0.25) is 0 Å². The van der Waals surface area contributed by atoms with Crippen molar-refractivity contribution in [3.05, 3.63) is 59.2 Å². The first-order chi connectivity index (χ1) is 14.0. The molecule has 1 saturated heterocycles. The quantitative estimate of drug-likeness (QED) is 0.594. The molecule has 7 heteroatoms. The summed E-state index contributed by atoms with van der Waals surface area (Å²) in [6, 6.07) is 13.4. The van der Waals surface area contributed by atoms with Crippen molar-refractivity contribution >= 4 is 0 Å². The van der Waals surface area contributed by atoms with Gasteiger partial charge in [-0.25, -0.2) is 0 Å². The van der Waals surface area contributed by atoms with E-state index >= 15 is 0 Å². The third-order valence-electron chi connectivity index (χ3n) is 5.63. The Labute approximate surface area is 169 Å². The van der Waals surface area contributed by atoms with Gasteiger partial charge < -0.3 is 34.6 Å². The van der Waals surface area contributed by atoms with Crippen molar-refractivity contribution in [1.82, 2.24) is 0 Å². The summed E-state index contributed by atoms with van der Waals surface area (Å²) in [7, 11) is 0. The SMILES string of the molecule is CCOc1ccc(C2COc3ccc(C4OC(CO)[C@@H](O)[C@H](O)[C@H]4O)cc32)cc1. The second-order valence-corrected chi connectivity index (χ2v) is 7.41. The van der Waals surface area contributed by atoms with E-state index in [0.29, 0.717) is 18.8 Å². The van der Waals surface area contributed by atoms with E-state index < -0.39 is 37.1 Å². The van der Waals surface area contributed by atoms with E-state index in [1.807, 2.05) is 43.3 Å². The van der Waals surface area contributed by atoms with Crippen molar-refractivity contribution < 1.29 is 34.6 Å². The minimum absolute atomic E-state index is 0.0190. The molecule has 0 saturated carbocycles. The number of rotatable bonds is 5. The van der Waals surface area contributed by atoms with Crippen LogP contribution in [0.4, 0.5) is 0 Å². The zero-order valence-corrected chi connectivity index (χ0v) is 16.1. The third-order valence-corrected chi connectivity index (χ3v) is 5.63. The smallest absolute Gasteiger partial charge is 0.123 e. The standard InChI is InChI=1S/C22H26O7/c1-2-27-14-6-3-12(4-7-14)16-11-28-17-8-5-13(9-15(16)17)22-21(26)20(25)19(24)18(10-23)29-22/h3-9,16,18-26H,2,10-11H2,1H3/t16?,18?,19-,20+,21-,22?/m1/s1. The van der Waals surface area contributed by atoms with Crippen LogP contribution < -0.4 is 9.47 Å². The lowest BCUT2D eigenvalue weighted by Gasteiger charge is -2.40. The average Bonchev–Trinajstić information content (AvgIpc) is 3.16. The summed E-state index contributed by atoms with van der Waals surface area (Å²) in [6.45, 7) is 2.60. The van der Waals surface area contributed by atoms with Crippen molar-refractivity contribution in [1.29, 1.82) is 0 Å². The average molecular weight is 402 g/mol. The van der Waals surface area contributed by atoms with E-state index in [9.17, 15) is 20.4 Å². The molecule has 4 rings (SSSR count). The first kappa shape index (κ1) is 20.1. The van der Waals surface area contributed by atoms with Gasteiger partial charge in [-0.05, 0) is 42.3 Å². The molecule has 2 aliphatic rings. The Bertz CT molecular complexity index is 836. The number of hydrogen-bond acceptors (Lipinski definition) is 7. The Kier molecular flexibility index (Phi) is 5.76. The van der Waals surface area contributed by atoms with Gasteiger partial charge in [0.1, 0.15) is 42.0 Å². The van der Waals surface area contributed by atoms with Crippen molar-refractivity contribution in [2.45, 2.75) is 43.4 Å². The van der Waals surface area contributed by atoms with Crippen LogP contribution >= 0.6 is 0 Å². The maximum Gasteiger partial charge on any atom is 0.123 e. The molecule has 29 heavy (non-hydrogen) atoms. The normalized spacial score (nSPS) is 31.2. The summed E-state index contributed by atoms with van der Waals surface area (Å²) in [5.74, 6) is 1.59. The Morgan fingerprint density at radius 2 is 1.69 bits per heavy atom. The first-order valence-electron chi connectivity index (χ1n) is 9.83. The fourth-order valence-corrected chi connectivity index (χ4v) is 4.03. The van der Waals surface area contributed by atoms with E-state index in [1.165, 1.54) is 0 Å². The molecule has 2 aromatic rings. The molecule has 0 aliphatic carbocycles. The van der Waals surface area contributed by atoms with E-state index in [4.69, 9.17) is 14.2 Å². The highest BCUT2D eigenvalue weighted by atomic mass is 16.5. The fraction of sp³-hybridized carbons (Fsp3) is 0.455. The molecule has 7 nitrogen and oxygen atoms in total. The Morgan fingerprint density at radius 3 is 2.38 bits per heavy atom. The zero-order chi connectivity index (χ0) is 20.5. The molecule has 0 radical (unpaired) electrons. The Hall–Kier alpha value is -2.16. The van der Waals surface area contributed by atoms with Crippen LogP contribution in [-0.4, -0.2) is 64.7 Å². The molecule has 4 N–H and O–H groups in total. The molecule has 0 bridgehead atoms. The third kappa shape index (κ3) is 3.72. The number of aliphatic hydroxyl groups is 4. The van der Waals surface area contributed by atoms with Crippen LogP contribution in [0.2, 0.25) is 0 Å². The fourth-order valence-electron chi connectivity index (χ4n) is 4.03. The highest BCUT2D eigenvalue weighted by molar-refractivity contribution is 5.49. The minimum Gasteiger partial charge on any atom is -0.494 e. The summed E-state index contributed by atoms with van der Waals surface area (Å²) in [6.07, 6.45) is -5.89. The molecule has 2 aromatic carbocycles. The van der Waals surface area contributed by atoms with Gasteiger partial charge in [0.25, 0.3) is 0 Å². The molecule has 1 fully saturated rings. The van der Waals surface area contributed by atoms with Gasteiger partial charge in [-0.3, -0.25) is 0 Å². The minimum atomic E-state index is -1.41. The van der Waals surface area contributed by atoms with E-state index in [-0.39, 0.29) is 5.92 Å². The maximum absolute atomic E-state index is 10.4. The van der Waals surface area contributed by atoms with Gasteiger partial charge in [0, 0.05) is 11.5 Å². The van der Waals surface area contributed by atoms with Gasteiger partial charge in [0.15, 0.2) is 0 Å². The van der Waals surface area contributed by atoms with Gasteiger partial charge in [-0.2, -0.15) is 0 Å². The lowest BCUT2D eigenvalue weighted by molar-refractivity contribution is -0.231. The summed E-state index contributed by atoms with van der Waals surface area (Å²) >= 11 is 0. The molecule has 6 atom stereocenters. The van der Waals surface area contributed by atoms with Crippen LogP contribution in [0, 0.1) is 0 Å². The van der Waals surface area contributed by atoms with Crippen molar-refractivity contribution in [3.63, 3.8) is 0 Å². The second-order valence-electron chi connectivity index (χ2n) is 7.41. The van der Waals surface area contributed by atoms with Crippen LogP contribution in [0.3, 0.4) is 0 Å².